The van der Waals surface area contributed by atoms with Gasteiger partial charge < -0.3 is 14.9 Å². The Morgan fingerprint density at radius 1 is 1.23 bits per heavy atom. The molecule has 7 nitrogen and oxygen atoms in total. The van der Waals surface area contributed by atoms with Gasteiger partial charge in [0.1, 0.15) is 5.69 Å². The van der Waals surface area contributed by atoms with Crippen LogP contribution in [0.15, 0.2) is 12.4 Å². The number of hydrogen-bond acceptors (Lipinski definition) is 6. The van der Waals surface area contributed by atoms with Crippen LogP contribution in [-0.2, 0) is 0 Å². The zero-order valence-electron chi connectivity index (χ0n) is 15.0. The monoisotopic (exact) mass is 364 g/mol. The molecule has 0 aliphatic carbocycles. The Morgan fingerprint density at radius 3 is 2.54 bits per heavy atom. The lowest BCUT2D eigenvalue weighted by molar-refractivity contribution is 0.0974. The van der Waals surface area contributed by atoms with Gasteiger partial charge in [0.2, 0.25) is 5.95 Å². The first-order chi connectivity index (χ1) is 12.3. The molecule has 0 aromatic carbocycles. The highest BCUT2D eigenvalue weighted by molar-refractivity contribution is 5.64. The van der Waals surface area contributed by atoms with Crippen molar-refractivity contribution in [2.24, 2.45) is 0 Å². The minimum atomic E-state index is -2.69. The number of rotatable bonds is 4. The molecule has 0 saturated carbocycles. The van der Waals surface area contributed by atoms with Crippen LogP contribution in [-0.4, -0.2) is 68.6 Å². The van der Waals surface area contributed by atoms with Crippen molar-refractivity contribution in [1.82, 2.24) is 24.6 Å². The zero-order chi connectivity index (χ0) is 18.6. The van der Waals surface area contributed by atoms with Gasteiger partial charge in [-0.2, -0.15) is 5.10 Å². The molecular formula is C17H22F2N6O. The van der Waals surface area contributed by atoms with Gasteiger partial charge in [0, 0.05) is 37.0 Å². The smallest absolute Gasteiger partial charge is 0.280 e. The molecule has 2 aliphatic rings. The van der Waals surface area contributed by atoms with E-state index < -0.39 is 12.5 Å². The molecule has 0 bridgehead atoms. The standard InChI is InChI=1S/C17H22F2N6O/c1-9-14(11-4-20-25(5-11)12-6-23(3)7-12)21-17(22-15(9)16(18)19)24-8-13(26)10(24)2/h4-5,10,12-13,16,26H,6-8H2,1-3H3/t10-,13+/m0/s1. The largest absolute Gasteiger partial charge is 0.389 e. The van der Waals surface area contributed by atoms with E-state index >= 15 is 0 Å². The third-order valence-corrected chi connectivity index (χ3v) is 5.36. The molecule has 0 spiro atoms. The molecule has 4 heterocycles. The molecule has 4 rings (SSSR count). The van der Waals surface area contributed by atoms with E-state index in [4.69, 9.17) is 0 Å². The van der Waals surface area contributed by atoms with E-state index in [-0.39, 0.29) is 17.7 Å². The first-order valence-electron chi connectivity index (χ1n) is 8.69. The van der Waals surface area contributed by atoms with E-state index in [0.717, 1.165) is 13.1 Å². The van der Waals surface area contributed by atoms with Crippen LogP contribution in [0.1, 0.15) is 30.6 Å². The SMILES string of the molecule is Cc1c(-c2cnn(C3CN(C)C3)c2)nc(N2C[C@@H](O)[C@@H]2C)nc1C(F)F. The number of alkyl halides is 2. The molecular weight excluding hydrogens is 342 g/mol. The number of halogens is 2. The molecule has 0 unspecified atom stereocenters. The van der Waals surface area contributed by atoms with Crippen molar-refractivity contribution < 1.29 is 13.9 Å². The fourth-order valence-electron chi connectivity index (χ4n) is 3.49. The van der Waals surface area contributed by atoms with E-state index in [9.17, 15) is 13.9 Å². The predicted molar refractivity (Wildman–Crippen MR) is 92.3 cm³/mol. The minimum absolute atomic E-state index is 0.190. The van der Waals surface area contributed by atoms with E-state index in [2.05, 4.69) is 20.0 Å². The van der Waals surface area contributed by atoms with Crippen LogP contribution in [0.3, 0.4) is 0 Å². The maximum Gasteiger partial charge on any atom is 0.280 e. The highest BCUT2D eigenvalue weighted by atomic mass is 19.3. The average molecular weight is 364 g/mol. The Morgan fingerprint density at radius 2 is 1.96 bits per heavy atom. The molecule has 0 radical (unpaired) electrons. The van der Waals surface area contributed by atoms with E-state index in [1.165, 1.54) is 0 Å². The number of aromatic nitrogens is 4. The van der Waals surface area contributed by atoms with Gasteiger partial charge in [-0.1, -0.05) is 0 Å². The summed E-state index contributed by atoms with van der Waals surface area (Å²) in [5.74, 6) is 0.231. The highest BCUT2D eigenvalue weighted by Crippen LogP contribution is 2.33. The highest BCUT2D eigenvalue weighted by Gasteiger charge is 2.37. The summed E-state index contributed by atoms with van der Waals surface area (Å²) in [6.07, 6.45) is 0.352. The summed E-state index contributed by atoms with van der Waals surface area (Å²) < 4.78 is 28.9. The Balaban J connectivity index is 1.71. The van der Waals surface area contributed by atoms with Crippen molar-refractivity contribution in [3.05, 3.63) is 23.7 Å². The summed E-state index contributed by atoms with van der Waals surface area (Å²) in [6.45, 7) is 5.62. The van der Waals surface area contributed by atoms with Crippen LogP contribution in [0, 0.1) is 6.92 Å². The lowest BCUT2D eigenvalue weighted by atomic mass is 10.0. The third kappa shape index (κ3) is 2.75. The molecule has 2 aliphatic heterocycles. The van der Waals surface area contributed by atoms with E-state index in [1.54, 1.807) is 18.0 Å². The molecule has 0 amide bonds. The second-order valence-corrected chi connectivity index (χ2v) is 7.23. The molecule has 2 saturated heterocycles. The van der Waals surface area contributed by atoms with Crippen molar-refractivity contribution in [3.8, 4) is 11.3 Å². The van der Waals surface area contributed by atoms with Crippen LogP contribution in [0.25, 0.3) is 11.3 Å². The fourth-order valence-corrected chi connectivity index (χ4v) is 3.49. The van der Waals surface area contributed by atoms with Gasteiger partial charge in [-0.05, 0) is 20.9 Å². The summed E-state index contributed by atoms with van der Waals surface area (Å²) in [7, 11) is 2.04. The second kappa shape index (κ2) is 6.24. The van der Waals surface area contributed by atoms with Gasteiger partial charge in [0.15, 0.2) is 0 Å². The number of nitrogens with zero attached hydrogens (tertiary/aromatic N) is 6. The van der Waals surface area contributed by atoms with Crippen LogP contribution < -0.4 is 4.90 Å². The number of anilines is 1. The molecule has 9 heteroatoms. The lowest BCUT2D eigenvalue weighted by Crippen LogP contribution is -2.59. The first-order valence-corrected chi connectivity index (χ1v) is 8.69. The number of likely N-dealkylation sites (N-methyl/N-ethyl adjacent to an activating group) is 1. The second-order valence-electron chi connectivity index (χ2n) is 7.23. The fraction of sp³-hybridized carbons (Fsp3) is 0.588. The van der Waals surface area contributed by atoms with E-state index in [1.807, 2.05) is 24.9 Å². The average Bonchev–Trinajstić information content (AvgIpc) is 3.06. The van der Waals surface area contributed by atoms with Gasteiger partial charge in [-0.15, -0.1) is 0 Å². The number of hydrogen-bond donors (Lipinski definition) is 1. The maximum atomic E-state index is 13.5. The maximum absolute atomic E-state index is 13.5. The number of β-amino-alcohol motifs (C(OH)–C–C–N with tert-alkyl or cyclic N) is 1. The van der Waals surface area contributed by atoms with Gasteiger partial charge >= 0.3 is 0 Å². The quantitative estimate of drug-likeness (QED) is 0.890. The Hall–Kier alpha value is -2.13. The summed E-state index contributed by atoms with van der Waals surface area (Å²) in [4.78, 5) is 12.5. The van der Waals surface area contributed by atoms with E-state index in [0.29, 0.717) is 29.4 Å². The molecule has 26 heavy (non-hydrogen) atoms. The summed E-state index contributed by atoms with van der Waals surface area (Å²) >= 11 is 0. The number of aliphatic hydroxyl groups excluding tert-OH is 1. The normalized spacial score (nSPS) is 24.0. The molecule has 2 fully saturated rings. The van der Waals surface area contributed by atoms with Crippen molar-refractivity contribution in [2.75, 3.05) is 31.6 Å². The topological polar surface area (TPSA) is 70.3 Å². The number of likely N-dealkylation sites (tertiary alicyclic amines) is 1. The Kier molecular flexibility index (Phi) is 4.15. The molecule has 2 atom stereocenters. The van der Waals surface area contributed by atoms with Gasteiger partial charge in [-0.25, -0.2) is 18.7 Å². The van der Waals surface area contributed by atoms with Crippen molar-refractivity contribution >= 4 is 5.95 Å². The van der Waals surface area contributed by atoms with Gasteiger partial charge in [0.05, 0.1) is 30.1 Å². The minimum Gasteiger partial charge on any atom is -0.389 e. The van der Waals surface area contributed by atoms with Gasteiger partial charge in [0.25, 0.3) is 6.43 Å². The first kappa shape index (κ1) is 17.3. The van der Waals surface area contributed by atoms with Gasteiger partial charge in [-0.3, -0.25) is 4.68 Å². The van der Waals surface area contributed by atoms with Crippen LogP contribution >= 0.6 is 0 Å². The summed E-state index contributed by atoms with van der Waals surface area (Å²) in [6, 6.07) is 0.111. The van der Waals surface area contributed by atoms with Crippen LogP contribution in [0.4, 0.5) is 14.7 Å². The van der Waals surface area contributed by atoms with Crippen LogP contribution in [0.5, 0.6) is 0 Å². The lowest BCUT2D eigenvalue weighted by Gasteiger charge is -2.43. The Bertz CT molecular complexity index is 820. The molecule has 1 N–H and O–H groups in total. The zero-order valence-corrected chi connectivity index (χ0v) is 15.0. The third-order valence-electron chi connectivity index (χ3n) is 5.36. The van der Waals surface area contributed by atoms with Crippen molar-refractivity contribution in [1.29, 1.82) is 0 Å². The molecule has 2 aromatic heterocycles. The summed E-state index contributed by atoms with van der Waals surface area (Å²) in [5, 5.41) is 14.1. The van der Waals surface area contributed by atoms with Crippen LogP contribution in [0.2, 0.25) is 0 Å². The summed E-state index contributed by atoms with van der Waals surface area (Å²) in [5.41, 5.74) is 1.27. The van der Waals surface area contributed by atoms with Crippen molar-refractivity contribution in [2.45, 2.75) is 38.5 Å². The Labute approximate surface area is 150 Å². The number of aliphatic hydroxyl groups is 1. The van der Waals surface area contributed by atoms with Crippen molar-refractivity contribution in [3.63, 3.8) is 0 Å². The molecule has 140 valence electrons. The molecule has 2 aromatic rings. The predicted octanol–water partition coefficient (Wildman–Crippen LogP) is 1.64.